The van der Waals surface area contributed by atoms with Crippen molar-refractivity contribution < 1.29 is 14.5 Å². The predicted molar refractivity (Wildman–Crippen MR) is 98.0 cm³/mol. The van der Waals surface area contributed by atoms with Crippen LogP contribution < -0.4 is 10.1 Å². The number of ether oxygens (including phenoxy) is 1. The third-order valence-corrected chi connectivity index (χ3v) is 4.31. The Morgan fingerprint density at radius 1 is 1.19 bits per heavy atom. The van der Waals surface area contributed by atoms with Crippen molar-refractivity contribution in [3.63, 3.8) is 0 Å². The third kappa shape index (κ3) is 4.64. The first-order chi connectivity index (χ1) is 12.6. The molecular weight excluding hydrogens is 354 g/mol. The van der Waals surface area contributed by atoms with Crippen molar-refractivity contribution in [2.75, 3.05) is 6.61 Å². The Balaban J connectivity index is 1.49. The van der Waals surface area contributed by atoms with Gasteiger partial charge >= 0.3 is 0 Å². The zero-order chi connectivity index (χ0) is 18.4. The lowest BCUT2D eigenvalue weighted by Gasteiger charge is -2.06. The highest BCUT2D eigenvalue weighted by atomic mass is 32.1. The van der Waals surface area contributed by atoms with E-state index < -0.39 is 4.92 Å². The highest BCUT2D eigenvalue weighted by Gasteiger charge is 2.09. The number of nitro groups is 1. The Morgan fingerprint density at radius 3 is 2.77 bits per heavy atom. The molecule has 0 radical (unpaired) electrons. The highest BCUT2D eigenvalue weighted by molar-refractivity contribution is 7.09. The molecule has 1 N–H and O–H groups in total. The molecule has 2 aromatic carbocycles. The zero-order valence-electron chi connectivity index (χ0n) is 13.6. The van der Waals surface area contributed by atoms with Crippen LogP contribution >= 0.6 is 11.3 Å². The van der Waals surface area contributed by atoms with Crippen LogP contribution in [0.3, 0.4) is 0 Å². The summed E-state index contributed by atoms with van der Waals surface area (Å²) >= 11 is 1.46. The van der Waals surface area contributed by atoms with Gasteiger partial charge in [-0.2, -0.15) is 0 Å². The number of carbonyl (C=O) groups is 1. The Labute approximate surface area is 153 Å². The smallest absolute Gasteiger partial charge is 0.273 e. The lowest BCUT2D eigenvalue weighted by molar-refractivity contribution is -0.384. The van der Waals surface area contributed by atoms with E-state index in [1.54, 1.807) is 6.07 Å². The largest absolute Gasteiger partial charge is 0.484 e. The maximum atomic E-state index is 11.9. The van der Waals surface area contributed by atoms with E-state index in [4.69, 9.17) is 4.74 Å². The summed E-state index contributed by atoms with van der Waals surface area (Å²) in [7, 11) is 0. The van der Waals surface area contributed by atoms with E-state index >= 15 is 0 Å². The molecule has 0 aliphatic rings. The Hall–Kier alpha value is -3.26. The fourth-order valence-corrected chi connectivity index (χ4v) is 2.94. The van der Waals surface area contributed by atoms with Gasteiger partial charge in [0.25, 0.3) is 11.6 Å². The molecule has 0 spiro atoms. The quantitative estimate of drug-likeness (QED) is 0.509. The maximum Gasteiger partial charge on any atom is 0.273 e. The van der Waals surface area contributed by atoms with E-state index in [1.165, 1.54) is 29.5 Å². The summed E-state index contributed by atoms with van der Waals surface area (Å²) in [6.07, 6.45) is 0. The molecule has 0 saturated carbocycles. The van der Waals surface area contributed by atoms with Gasteiger partial charge in [-0.05, 0) is 6.07 Å². The lowest BCUT2D eigenvalue weighted by atomic mass is 10.2. The summed E-state index contributed by atoms with van der Waals surface area (Å²) in [4.78, 5) is 26.6. The fraction of sp³-hybridized carbons (Fsp3) is 0.111. The molecule has 132 valence electrons. The number of non-ortho nitro benzene ring substituents is 1. The number of aromatic nitrogens is 1. The van der Waals surface area contributed by atoms with Gasteiger partial charge in [-0.15, -0.1) is 11.3 Å². The molecule has 0 unspecified atom stereocenters. The van der Waals surface area contributed by atoms with Crippen molar-refractivity contribution in [1.29, 1.82) is 0 Å². The number of benzene rings is 2. The summed E-state index contributed by atoms with van der Waals surface area (Å²) in [5.74, 6) is -0.0528. The van der Waals surface area contributed by atoms with Gasteiger partial charge in [0.05, 0.1) is 23.2 Å². The van der Waals surface area contributed by atoms with E-state index in [0.717, 1.165) is 16.3 Å². The molecule has 3 rings (SSSR count). The summed E-state index contributed by atoms with van der Waals surface area (Å²) in [6.45, 7) is 0.0761. The molecule has 0 aliphatic carbocycles. The number of nitrogens with zero attached hydrogens (tertiary/aromatic N) is 2. The second kappa shape index (κ2) is 8.21. The molecule has 26 heavy (non-hydrogen) atoms. The molecule has 8 heteroatoms. The normalized spacial score (nSPS) is 10.3. The lowest BCUT2D eigenvalue weighted by Crippen LogP contribution is -2.28. The molecule has 0 fully saturated rings. The van der Waals surface area contributed by atoms with Crippen LogP contribution in [0.1, 0.15) is 5.01 Å². The third-order valence-electron chi connectivity index (χ3n) is 3.46. The van der Waals surface area contributed by atoms with E-state index in [9.17, 15) is 14.9 Å². The first-order valence-electron chi connectivity index (χ1n) is 7.75. The maximum absolute atomic E-state index is 11.9. The minimum Gasteiger partial charge on any atom is -0.484 e. The summed E-state index contributed by atoms with van der Waals surface area (Å²) in [5, 5.41) is 16.2. The van der Waals surface area contributed by atoms with E-state index in [-0.39, 0.29) is 24.0 Å². The average molecular weight is 369 g/mol. The number of nitrogens with one attached hydrogen (secondary N) is 1. The van der Waals surface area contributed by atoms with Crippen LogP contribution in [0.25, 0.3) is 11.3 Å². The number of thiazole rings is 1. The topological polar surface area (TPSA) is 94.4 Å². The second-order valence-electron chi connectivity index (χ2n) is 5.31. The number of hydrogen-bond donors (Lipinski definition) is 1. The van der Waals surface area contributed by atoms with Gasteiger partial charge < -0.3 is 10.1 Å². The van der Waals surface area contributed by atoms with Gasteiger partial charge in [0, 0.05) is 17.0 Å². The summed E-state index contributed by atoms with van der Waals surface area (Å²) in [5.41, 5.74) is 1.81. The SMILES string of the molecule is O=C(COc1cccc([N+](=O)[O-])c1)NCc1nc(-c2ccccc2)cs1. The van der Waals surface area contributed by atoms with Gasteiger partial charge in [0.15, 0.2) is 6.61 Å². The number of nitro benzene ring substituents is 1. The molecule has 1 amide bonds. The van der Waals surface area contributed by atoms with Crippen LogP contribution in [0.15, 0.2) is 60.0 Å². The molecule has 0 saturated heterocycles. The van der Waals surface area contributed by atoms with Crippen LogP contribution in [-0.2, 0) is 11.3 Å². The number of rotatable bonds is 7. The molecular formula is C18H15N3O4S. The first-order valence-corrected chi connectivity index (χ1v) is 8.63. The summed E-state index contributed by atoms with van der Waals surface area (Å²) < 4.78 is 5.29. The van der Waals surface area contributed by atoms with Crippen molar-refractivity contribution >= 4 is 22.9 Å². The van der Waals surface area contributed by atoms with Gasteiger partial charge in [0.1, 0.15) is 10.8 Å². The van der Waals surface area contributed by atoms with E-state index in [1.807, 2.05) is 35.7 Å². The Morgan fingerprint density at radius 2 is 2.00 bits per heavy atom. The molecule has 3 aromatic rings. The van der Waals surface area contributed by atoms with Crippen LogP contribution in [0.4, 0.5) is 5.69 Å². The zero-order valence-corrected chi connectivity index (χ0v) is 14.4. The minimum atomic E-state index is -0.514. The number of hydrogen-bond acceptors (Lipinski definition) is 6. The molecule has 7 nitrogen and oxygen atoms in total. The van der Waals surface area contributed by atoms with Crippen molar-refractivity contribution in [3.05, 3.63) is 75.1 Å². The first kappa shape index (κ1) is 17.6. The molecule has 1 heterocycles. The van der Waals surface area contributed by atoms with Crippen LogP contribution in [0, 0.1) is 10.1 Å². The van der Waals surface area contributed by atoms with Crippen LogP contribution in [-0.4, -0.2) is 22.4 Å². The van der Waals surface area contributed by atoms with Crippen molar-refractivity contribution in [2.24, 2.45) is 0 Å². The van der Waals surface area contributed by atoms with Crippen LogP contribution in [0.5, 0.6) is 5.75 Å². The summed E-state index contributed by atoms with van der Waals surface area (Å²) in [6, 6.07) is 15.5. The van der Waals surface area contributed by atoms with Gasteiger partial charge in [-0.25, -0.2) is 4.98 Å². The molecule has 0 atom stereocenters. The number of carbonyl (C=O) groups excluding carboxylic acids is 1. The second-order valence-corrected chi connectivity index (χ2v) is 6.26. The standard InChI is InChI=1S/C18H15N3O4S/c22-17(11-25-15-8-4-7-14(9-15)21(23)24)19-10-18-20-16(12-26-18)13-5-2-1-3-6-13/h1-9,12H,10-11H2,(H,19,22). The van der Waals surface area contributed by atoms with E-state index in [2.05, 4.69) is 10.3 Å². The predicted octanol–water partition coefficient (Wildman–Crippen LogP) is 3.41. The highest BCUT2D eigenvalue weighted by Crippen LogP contribution is 2.21. The monoisotopic (exact) mass is 369 g/mol. The van der Waals surface area contributed by atoms with Crippen molar-refractivity contribution in [1.82, 2.24) is 10.3 Å². The Kier molecular flexibility index (Phi) is 5.55. The van der Waals surface area contributed by atoms with Crippen molar-refractivity contribution in [2.45, 2.75) is 6.54 Å². The van der Waals surface area contributed by atoms with Gasteiger partial charge in [-0.1, -0.05) is 36.4 Å². The van der Waals surface area contributed by atoms with Gasteiger partial charge in [-0.3, -0.25) is 14.9 Å². The van der Waals surface area contributed by atoms with Crippen molar-refractivity contribution in [3.8, 4) is 17.0 Å². The van der Waals surface area contributed by atoms with E-state index in [0.29, 0.717) is 6.54 Å². The average Bonchev–Trinajstić information content (AvgIpc) is 3.15. The molecule has 0 aliphatic heterocycles. The Bertz CT molecular complexity index is 912. The molecule has 1 aromatic heterocycles. The number of amides is 1. The van der Waals surface area contributed by atoms with Crippen LogP contribution in [0.2, 0.25) is 0 Å². The molecule has 0 bridgehead atoms. The van der Waals surface area contributed by atoms with Gasteiger partial charge in [0.2, 0.25) is 0 Å². The minimum absolute atomic E-state index is 0.0841. The fourth-order valence-electron chi connectivity index (χ4n) is 2.19.